The number of nitrogens with zero attached hydrogens (tertiary/aromatic N) is 3. The zero-order valence-corrected chi connectivity index (χ0v) is 12.9. The molecule has 3 N–H and O–H groups in total. The molecule has 23 heavy (non-hydrogen) atoms. The molecule has 0 saturated heterocycles. The van der Waals surface area contributed by atoms with Gasteiger partial charge in [0, 0.05) is 17.1 Å². The summed E-state index contributed by atoms with van der Waals surface area (Å²) >= 11 is 5.67. The molecule has 0 saturated carbocycles. The van der Waals surface area contributed by atoms with Crippen molar-refractivity contribution in [2.45, 2.75) is 4.90 Å². The Bertz CT molecular complexity index is 1010. The molecule has 118 valence electrons. The molecule has 0 aliphatic carbocycles. The number of nitrogens with one attached hydrogen (secondary N) is 1. The second kappa shape index (κ2) is 5.61. The van der Waals surface area contributed by atoms with E-state index >= 15 is 0 Å². The maximum atomic E-state index is 11.2. The third-order valence-electron chi connectivity index (χ3n) is 3.00. The average molecular weight is 353 g/mol. The van der Waals surface area contributed by atoms with Crippen LogP contribution in [0.5, 0.6) is 5.75 Å². The van der Waals surface area contributed by atoms with Gasteiger partial charge in [0.25, 0.3) is 10.1 Å². The first-order valence-corrected chi connectivity index (χ1v) is 8.00. The van der Waals surface area contributed by atoms with E-state index < -0.39 is 15.0 Å². The number of phenolic OH excluding ortho intramolecular Hbond substituents is 1. The first-order valence-electron chi connectivity index (χ1n) is 6.19. The summed E-state index contributed by atoms with van der Waals surface area (Å²) < 4.78 is 31.6. The van der Waals surface area contributed by atoms with Crippen LogP contribution in [0.2, 0.25) is 5.28 Å². The fourth-order valence-corrected chi connectivity index (χ4v) is 2.68. The van der Waals surface area contributed by atoms with Gasteiger partial charge in [-0.1, -0.05) is 0 Å². The van der Waals surface area contributed by atoms with Gasteiger partial charge in [0.05, 0.1) is 4.90 Å². The lowest BCUT2D eigenvalue weighted by Gasteiger charge is -2.08. The number of aromatic nitrogens is 3. The van der Waals surface area contributed by atoms with Crippen molar-refractivity contribution in [3.05, 3.63) is 41.9 Å². The van der Waals surface area contributed by atoms with Gasteiger partial charge in [0.2, 0.25) is 11.2 Å². The molecule has 1 heterocycles. The Morgan fingerprint density at radius 1 is 1.13 bits per heavy atom. The third-order valence-corrected chi connectivity index (χ3v) is 4.01. The number of hydrogen-bond donors (Lipinski definition) is 3. The fraction of sp³-hybridized carbons (Fsp3) is 0. The second-order valence-electron chi connectivity index (χ2n) is 4.56. The van der Waals surface area contributed by atoms with E-state index in [1.807, 2.05) is 0 Å². The summed E-state index contributed by atoms with van der Waals surface area (Å²) in [5, 5.41) is 13.6. The number of hydrogen-bond acceptors (Lipinski definition) is 7. The normalized spacial score (nSPS) is 11.6. The van der Waals surface area contributed by atoms with E-state index in [-0.39, 0.29) is 17.0 Å². The molecule has 3 rings (SSSR count). The van der Waals surface area contributed by atoms with Gasteiger partial charge < -0.3 is 10.4 Å². The van der Waals surface area contributed by atoms with Crippen LogP contribution in [0.3, 0.4) is 0 Å². The van der Waals surface area contributed by atoms with Crippen LogP contribution in [0.1, 0.15) is 0 Å². The van der Waals surface area contributed by atoms with Crippen molar-refractivity contribution in [3.63, 3.8) is 0 Å². The lowest BCUT2D eigenvalue weighted by atomic mass is 10.1. The van der Waals surface area contributed by atoms with E-state index in [1.54, 1.807) is 18.2 Å². The van der Waals surface area contributed by atoms with Crippen molar-refractivity contribution in [2.75, 3.05) is 5.32 Å². The van der Waals surface area contributed by atoms with Gasteiger partial charge in [-0.15, -0.1) is 0 Å². The van der Waals surface area contributed by atoms with Crippen LogP contribution < -0.4 is 5.32 Å². The molecular weight excluding hydrogens is 344 g/mol. The van der Waals surface area contributed by atoms with E-state index in [2.05, 4.69) is 20.3 Å². The van der Waals surface area contributed by atoms with Gasteiger partial charge >= 0.3 is 0 Å². The SMILES string of the molecule is O=S(=O)(O)c1cc(O)c2ccc(Nc3ncnc(Cl)n3)cc2c1. The molecule has 8 nitrogen and oxygen atoms in total. The Morgan fingerprint density at radius 2 is 1.91 bits per heavy atom. The fourth-order valence-electron chi connectivity index (χ4n) is 2.02. The number of halogens is 1. The minimum absolute atomic E-state index is 0.0228. The average Bonchev–Trinajstić information content (AvgIpc) is 2.46. The number of fused-ring (bicyclic) bond motifs is 1. The standard InChI is InChI=1S/C13H9ClN4O4S/c14-12-15-6-16-13(18-12)17-8-1-2-10-7(3-8)4-9(5-11(10)19)23(20,21)22/h1-6,19H,(H,20,21,22)(H,15,16,17,18). The van der Waals surface area contributed by atoms with Crippen molar-refractivity contribution in [3.8, 4) is 5.75 Å². The van der Waals surface area contributed by atoms with Crippen LogP contribution in [-0.4, -0.2) is 33.0 Å². The highest BCUT2D eigenvalue weighted by atomic mass is 35.5. The van der Waals surface area contributed by atoms with Gasteiger partial charge in [-0.05, 0) is 41.3 Å². The highest BCUT2D eigenvalue weighted by molar-refractivity contribution is 7.85. The van der Waals surface area contributed by atoms with E-state index in [0.717, 1.165) is 6.07 Å². The first kappa shape index (κ1) is 15.4. The highest BCUT2D eigenvalue weighted by Crippen LogP contribution is 2.31. The largest absolute Gasteiger partial charge is 0.507 e. The van der Waals surface area contributed by atoms with Gasteiger partial charge in [-0.3, -0.25) is 4.55 Å². The molecule has 0 radical (unpaired) electrons. The smallest absolute Gasteiger partial charge is 0.294 e. The third kappa shape index (κ3) is 3.31. The van der Waals surface area contributed by atoms with Crippen molar-refractivity contribution < 1.29 is 18.1 Å². The molecule has 1 aromatic heterocycles. The van der Waals surface area contributed by atoms with Crippen LogP contribution >= 0.6 is 11.6 Å². The summed E-state index contributed by atoms with van der Waals surface area (Å²) in [7, 11) is -4.42. The maximum absolute atomic E-state index is 11.2. The zero-order valence-electron chi connectivity index (χ0n) is 11.3. The molecule has 0 fully saturated rings. The number of aromatic hydroxyl groups is 1. The molecule has 0 aliphatic heterocycles. The summed E-state index contributed by atoms with van der Waals surface area (Å²) in [5.41, 5.74) is 0.534. The lowest BCUT2D eigenvalue weighted by Crippen LogP contribution is -1.99. The van der Waals surface area contributed by atoms with Crippen molar-refractivity contribution >= 4 is 44.1 Å². The molecule has 3 aromatic rings. The summed E-state index contributed by atoms with van der Waals surface area (Å²) in [5.74, 6) is -0.0515. The predicted molar refractivity (Wildman–Crippen MR) is 83.5 cm³/mol. The van der Waals surface area contributed by atoms with E-state index in [9.17, 15) is 13.5 Å². The number of phenols is 1. The van der Waals surface area contributed by atoms with E-state index in [1.165, 1.54) is 12.4 Å². The zero-order chi connectivity index (χ0) is 16.6. The molecule has 0 aliphatic rings. The molecule has 10 heteroatoms. The van der Waals surface area contributed by atoms with Crippen LogP contribution in [0, 0.1) is 0 Å². The number of benzene rings is 2. The summed E-state index contributed by atoms with van der Waals surface area (Å²) in [6.45, 7) is 0. The van der Waals surface area contributed by atoms with Crippen molar-refractivity contribution in [1.29, 1.82) is 0 Å². The molecular formula is C13H9ClN4O4S. The quantitative estimate of drug-likeness (QED) is 0.613. The number of rotatable bonds is 3. The summed E-state index contributed by atoms with van der Waals surface area (Å²) in [4.78, 5) is 11.0. The second-order valence-corrected chi connectivity index (χ2v) is 6.32. The minimum Gasteiger partial charge on any atom is -0.507 e. The Labute approximate surface area is 135 Å². The molecule has 0 bridgehead atoms. The minimum atomic E-state index is -4.42. The lowest BCUT2D eigenvalue weighted by molar-refractivity contribution is 0.471. The van der Waals surface area contributed by atoms with Gasteiger partial charge in [-0.25, -0.2) is 9.97 Å². The Kier molecular flexibility index (Phi) is 3.76. The molecule has 0 spiro atoms. The summed E-state index contributed by atoms with van der Waals surface area (Å²) in [6.07, 6.45) is 1.24. The highest BCUT2D eigenvalue weighted by Gasteiger charge is 2.13. The Balaban J connectivity index is 2.07. The van der Waals surface area contributed by atoms with Gasteiger partial charge in [0.15, 0.2) is 0 Å². The topological polar surface area (TPSA) is 125 Å². The molecule has 2 aromatic carbocycles. The Hall–Kier alpha value is -2.49. The van der Waals surface area contributed by atoms with Crippen LogP contribution in [0.25, 0.3) is 10.8 Å². The van der Waals surface area contributed by atoms with Gasteiger partial charge in [-0.2, -0.15) is 13.4 Å². The predicted octanol–water partition coefficient (Wildman–Crippen LogP) is 2.37. The van der Waals surface area contributed by atoms with Gasteiger partial charge in [0.1, 0.15) is 12.1 Å². The van der Waals surface area contributed by atoms with Crippen molar-refractivity contribution in [2.24, 2.45) is 0 Å². The maximum Gasteiger partial charge on any atom is 0.294 e. The first-order chi connectivity index (χ1) is 10.8. The van der Waals surface area contributed by atoms with Crippen LogP contribution in [0.15, 0.2) is 41.6 Å². The number of anilines is 2. The molecule has 0 amide bonds. The van der Waals surface area contributed by atoms with E-state index in [4.69, 9.17) is 16.2 Å². The van der Waals surface area contributed by atoms with E-state index in [0.29, 0.717) is 16.5 Å². The summed E-state index contributed by atoms with van der Waals surface area (Å²) in [6, 6.07) is 7.03. The monoisotopic (exact) mass is 352 g/mol. The van der Waals surface area contributed by atoms with Crippen molar-refractivity contribution in [1.82, 2.24) is 15.0 Å². The van der Waals surface area contributed by atoms with Crippen LogP contribution in [0.4, 0.5) is 11.6 Å². The molecule has 0 unspecified atom stereocenters. The Morgan fingerprint density at radius 3 is 2.61 bits per heavy atom. The van der Waals surface area contributed by atoms with Crippen LogP contribution in [-0.2, 0) is 10.1 Å². The molecule has 0 atom stereocenters.